The van der Waals surface area contributed by atoms with Gasteiger partial charge >= 0.3 is 0 Å². The summed E-state index contributed by atoms with van der Waals surface area (Å²) < 4.78 is 15.8. The summed E-state index contributed by atoms with van der Waals surface area (Å²) in [7, 11) is 4.03. The van der Waals surface area contributed by atoms with Gasteiger partial charge in [-0.3, -0.25) is 4.79 Å². The van der Waals surface area contributed by atoms with Gasteiger partial charge < -0.3 is 10.2 Å². The third-order valence-electron chi connectivity index (χ3n) is 5.05. The summed E-state index contributed by atoms with van der Waals surface area (Å²) in [6, 6.07) is 8.11. The molecule has 1 amide bonds. The molecule has 0 saturated carbocycles. The lowest BCUT2D eigenvalue weighted by Gasteiger charge is -2.28. The van der Waals surface area contributed by atoms with Crippen LogP contribution in [0.3, 0.4) is 0 Å². The van der Waals surface area contributed by atoms with E-state index in [0.29, 0.717) is 35.0 Å². The molecule has 0 saturated heterocycles. The SMILES string of the molecule is CC(C)c1c(C(=O)NCC(C)(C)CN(C)C)cnn1-c1nccc(-c2ccccc2F)n1. The minimum atomic E-state index is -0.359. The van der Waals surface area contributed by atoms with Crippen LogP contribution < -0.4 is 5.32 Å². The van der Waals surface area contributed by atoms with Crippen molar-refractivity contribution in [2.45, 2.75) is 33.6 Å². The third kappa shape index (κ3) is 5.37. The van der Waals surface area contributed by atoms with Crippen LogP contribution in [0.4, 0.5) is 4.39 Å². The Morgan fingerprint density at radius 2 is 1.94 bits per heavy atom. The molecule has 0 bridgehead atoms. The average Bonchev–Trinajstić information content (AvgIpc) is 3.17. The summed E-state index contributed by atoms with van der Waals surface area (Å²) in [5.74, 6) is -0.255. The van der Waals surface area contributed by atoms with Crippen LogP contribution in [0.2, 0.25) is 0 Å². The predicted molar refractivity (Wildman–Crippen MR) is 123 cm³/mol. The van der Waals surface area contributed by atoms with Crippen molar-refractivity contribution in [2.24, 2.45) is 5.41 Å². The van der Waals surface area contributed by atoms with E-state index in [1.54, 1.807) is 41.3 Å². The van der Waals surface area contributed by atoms with Gasteiger partial charge in [-0.1, -0.05) is 39.8 Å². The molecule has 0 unspecified atom stereocenters. The molecule has 2 aromatic heterocycles. The number of hydrogen-bond donors (Lipinski definition) is 1. The Balaban J connectivity index is 1.91. The lowest BCUT2D eigenvalue weighted by Crippen LogP contribution is -2.40. The number of nitrogens with zero attached hydrogens (tertiary/aromatic N) is 5. The fourth-order valence-corrected chi connectivity index (χ4v) is 3.84. The summed E-state index contributed by atoms with van der Waals surface area (Å²) >= 11 is 0. The topological polar surface area (TPSA) is 75.9 Å². The van der Waals surface area contributed by atoms with E-state index < -0.39 is 0 Å². The molecule has 0 aliphatic heterocycles. The van der Waals surface area contributed by atoms with Crippen molar-refractivity contribution in [3.63, 3.8) is 0 Å². The first-order valence-electron chi connectivity index (χ1n) is 10.7. The molecule has 32 heavy (non-hydrogen) atoms. The molecule has 1 N–H and O–H groups in total. The number of aromatic nitrogens is 4. The Morgan fingerprint density at radius 3 is 2.59 bits per heavy atom. The molecule has 1 aromatic carbocycles. The molecule has 7 nitrogen and oxygen atoms in total. The van der Waals surface area contributed by atoms with Crippen LogP contribution in [0, 0.1) is 11.2 Å². The predicted octanol–water partition coefficient (Wildman–Crippen LogP) is 3.91. The highest BCUT2D eigenvalue weighted by molar-refractivity contribution is 5.95. The van der Waals surface area contributed by atoms with Gasteiger partial charge in [0.2, 0.25) is 0 Å². The van der Waals surface area contributed by atoms with Crippen LogP contribution in [-0.4, -0.2) is 57.7 Å². The number of benzene rings is 1. The normalized spacial score (nSPS) is 11.9. The molecule has 2 heterocycles. The van der Waals surface area contributed by atoms with E-state index in [2.05, 4.69) is 39.1 Å². The first-order chi connectivity index (χ1) is 15.1. The lowest BCUT2D eigenvalue weighted by molar-refractivity contribution is 0.0928. The van der Waals surface area contributed by atoms with Crippen molar-refractivity contribution >= 4 is 5.91 Å². The van der Waals surface area contributed by atoms with E-state index in [1.807, 2.05) is 27.9 Å². The fourth-order valence-electron chi connectivity index (χ4n) is 3.84. The Hall–Kier alpha value is -3.13. The zero-order valence-electron chi connectivity index (χ0n) is 19.6. The van der Waals surface area contributed by atoms with Crippen molar-refractivity contribution in [3.8, 4) is 17.2 Å². The third-order valence-corrected chi connectivity index (χ3v) is 5.05. The summed E-state index contributed by atoms with van der Waals surface area (Å²) in [4.78, 5) is 24.0. The van der Waals surface area contributed by atoms with Crippen molar-refractivity contribution in [1.82, 2.24) is 30.0 Å². The molecule has 8 heteroatoms. The first-order valence-corrected chi connectivity index (χ1v) is 10.7. The van der Waals surface area contributed by atoms with Gasteiger partial charge in [-0.15, -0.1) is 0 Å². The summed E-state index contributed by atoms with van der Waals surface area (Å²) in [6.45, 7) is 9.58. The van der Waals surface area contributed by atoms with Crippen LogP contribution in [0.1, 0.15) is 49.7 Å². The molecular weight excluding hydrogens is 407 g/mol. The molecule has 0 fully saturated rings. The maximum absolute atomic E-state index is 14.2. The van der Waals surface area contributed by atoms with Gasteiger partial charge in [-0.05, 0) is 43.6 Å². The highest BCUT2D eigenvalue weighted by Gasteiger charge is 2.25. The molecule has 0 aliphatic carbocycles. The van der Waals surface area contributed by atoms with Gasteiger partial charge in [-0.25, -0.2) is 19.0 Å². The molecule has 3 aromatic rings. The second-order valence-corrected chi connectivity index (χ2v) is 9.32. The largest absolute Gasteiger partial charge is 0.351 e. The van der Waals surface area contributed by atoms with Crippen LogP contribution in [0.15, 0.2) is 42.7 Å². The van der Waals surface area contributed by atoms with E-state index in [-0.39, 0.29) is 23.1 Å². The van der Waals surface area contributed by atoms with E-state index in [9.17, 15) is 9.18 Å². The van der Waals surface area contributed by atoms with Crippen LogP contribution in [0.5, 0.6) is 0 Å². The van der Waals surface area contributed by atoms with Crippen molar-refractivity contribution in [1.29, 1.82) is 0 Å². The smallest absolute Gasteiger partial charge is 0.254 e. The van der Waals surface area contributed by atoms with Gasteiger partial charge in [0.05, 0.1) is 23.1 Å². The fraction of sp³-hybridized carbons (Fsp3) is 0.417. The Labute approximate surface area is 188 Å². The molecule has 170 valence electrons. The number of nitrogens with one attached hydrogen (secondary N) is 1. The van der Waals surface area contributed by atoms with E-state index in [1.165, 1.54) is 6.07 Å². The van der Waals surface area contributed by atoms with E-state index in [0.717, 1.165) is 6.54 Å². The summed E-state index contributed by atoms with van der Waals surface area (Å²) in [5.41, 5.74) is 1.95. The lowest BCUT2D eigenvalue weighted by atomic mass is 9.92. The Morgan fingerprint density at radius 1 is 1.22 bits per heavy atom. The first kappa shape index (κ1) is 23.5. The maximum atomic E-state index is 14.2. The van der Waals surface area contributed by atoms with Gasteiger partial charge in [0, 0.05) is 24.8 Å². The maximum Gasteiger partial charge on any atom is 0.254 e. The zero-order chi connectivity index (χ0) is 23.5. The second kappa shape index (κ2) is 9.56. The monoisotopic (exact) mass is 438 g/mol. The average molecular weight is 439 g/mol. The second-order valence-electron chi connectivity index (χ2n) is 9.32. The molecule has 0 spiro atoms. The molecule has 3 rings (SSSR count). The highest BCUT2D eigenvalue weighted by Crippen LogP contribution is 2.25. The minimum absolute atomic E-state index is 0.00578. The Kier molecular flexibility index (Phi) is 7.03. The molecule has 0 radical (unpaired) electrons. The minimum Gasteiger partial charge on any atom is -0.351 e. The molecule has 0 atom stereocenters. The number of amides is 1. The van der Waals surface area contributed by atoms with Crippen LogP contribution >= 0.6 is 0 Å². The summed E-state index contributed by atoms with van der Waals surface area (Å²) in [6.07, 6.45) is 3.11. The van der Waals surface area contributed by atoms with Gasteiger partial charge in [0.15, 0.2) is 0 Å². The molecule has 0 aliphatic rings. The quantitative estimate of drug-likeness (QED) is 0.577. The van der Waals surface area contributed by atoms with E-state index in [4.69, 9.17) is 0 Å². The van der Waals surface area contributed by atoms with Crippen molar-refractivity contribution in [3.05, 3.63) is 59.8 Å². The van der Waals surface area contributed by atoms with Crippen LogP contribution in [-0.2, 0) is 0 Å². The number of carbonyl (C=O) groups is 1. The van der Waals surface area contributed by atoms with Crippen molar-refractivity contribution in [2.75, 3.05) is 27.2 Å². The highest BCUT2D eigenvalue weighted by atomic mass is 19.1. The molecular formula is C24H31FN6O. The number of halogens is 1. The van der Waals surface area contributed by atoms with Crippen LogP contribution in [0.25, 0.3) is 17.2 Å². The Bertz CT molecular complexity index is 1090. The van der Waals surface area contributed by atoms with Gasteiger partial charge in [0.25, 0.3) is 11.9 Å². The van der Waals surface area contributed by atoms with Gasteiger partial charge in [-0.2, -0.15) is 5.10 Å². The van der Waals surface area contributed by atoms with Crippen molar-refractivity contribution < 1.29 is 9.18 Å². The number of carbonyl (C=O) groups excluding carboxylic acids is 1. The zero-order valence-corrected chi connectivity index (χ0v) is 19.6. The van der Waals surface area contributed by atoms with E-state index >= 15 is 0 Å². The number of hydrogen-bond acceptors (Lipinski definition) is 5. The number of rotatable bonds is 8. The van der Waals surface area contributed by atoms with Gasteiger partial charge in [0.1, 0.15) is 5.82 Å². The summed E-state index contributed by atoms with van der Waals surface area (Å²) in [5, 5.41) is 7.45. The standard InChI is InChI=1S/C24H31FN6O/c1-16(2)21-18(22(32)27-14-24(3,4)15-30(5)6)13-28-31(21)23-26-12-11-20(29-23)17-9-7-8-10-19(17)25/h7-13,16H,14-15H2,1-6H3,(H,27,32).